The minimum absolute atomic E-state index is 0.114. The Morgan fingerprint density at radius 1 is 1.11 bits per heavy atom. The zero-order valence-corrected chi connectivity index (χ0v) is 15.7. The summed E-state index contributed by atoms with van der Waals surface area (Å²) in [7, 11) is 0. The molecule has 1 saturated carbocycles. The van der Waals surface area contributed by atoms with E-state index in [2.05, 4.69) is 5.32 Å². The Bertz CT molecular complexity index is 770. The van der Waals surface area contributed by atoms with Gasteiger partial charge in [0, 0.05) is 12.3 Å². The van der Waals surface area contributed by atoms with Gasteiger partial charge in [-0.25, -0.2) is 0 Å². The van der Waals surface area contributed by atoms with Gasteiger partial charge >= 0.3 is 0 Å². The van der Waals surface area contributed by atoms with E-state index < -0.39 is 6.04 Å². The van der Waals surface area contributed by atoms with Crippen LogP contribution in [0.1, 0.15) is 54.8 Å². The van der Waals surface area contributed by atoms with Gasteiger partial charge < -0.3 is 10.4 Å². The maximum absolute atomic E-state index is 12.6. The van der Waals surface area contributed by atoms with Crippen molar-refractivity contribution in [2.24, 2.45) is 5.92 Å². The smallest absolute Gasteiger partial charge is 0.227 e. The maximum Gasteiger partial charge on any atom is 0.227 e. The van der Waals surface area contributed by atoms with Gasteiger partial charge in [0.2, 0.25) is 5.91 Å². The molecule has 4 nitrogen and oxygen atoms in total. The highest BCUT2D eigenvalue weighted by Gasteiger charge is 2.24. The molecule has 0 unspecified atom stereocenters. The predicted molar refractivity (Wildman–Crippen MR) is 105 cm³/mol. The molecule has 2 aromatic carbocycles. The van der Waals surface area contributed by atoms with Gasteiger partial charge in [0.1, 0.15) is 5.78 Å². The van der Waals surface area contributed by atoms with Gasteiger partial charge in [-0.1, -0.05) is 54.6 Å². The van der Waals surface area contributed by atoms with Crippen molar-refractivity contribution in [1.82, 2.24) is 5.32 Å². The first-order valence-electron chi connectivity index (χ1n) is 9.66. The third-order valence-electron chi connectivity index (χ3n) is 5.49. The fraction of sp³-hybridized carbons (Fsp3) is 0.391. The molecule has 1 aliphatic rings. The number of carbonyl (C=O) groups is 2. The zero-order valence-electron chi connectivity index (χ0n) is 15.7. The molecule has 4 heteroatoms. The monoisotopic (exact) mass is 365 g/mol. The van der Waals surface area contributed by atoms with Crippen molar-refractivity contribution in [3.8, 4) is 0 Å². The second kappa shape index (κ2) is 8.96. The van der Waals surface area contributed by atoms with Crippen LogP contribution >= 0.6 is 0 Å². The maximum atomic E-state index is 12.6. The van der Waals surface area contributed by atoms with Gasteiger partial charge in [-0.05, 0) is 42.9 Å². The summed E-state index contributed by atoms with van der Waals surface area (Å²) in [5.41, 5.74) is 2.96. The summed E-state index contributed by atoms with van der Waals surface area (Å²) in [4.78, 5) is 24.4. The van der Waals surface area contributed by atoms with Crippen molar-refractivity contribution < 1.29 is 14.7 Å². The molecule has 0 aromatic heterocycles. The third-order valence-corrected chi connectivity index (χ3v) is 5.49. The lowest BCUT2D eigenvalue weighted by molar-refractivity contribution is -0.123. The normalized spacial score (nSPS) is 18.9. The lowest BCUT2D eigenvalue weighted by Crippen LogP contribution is -2.33. The van der Waals surface area contributed by atoms with Crippen molar-refractivity contribution >= 4 is 11.7 Å². The SMILES string of the molecule is C[C@H](C(=O)N[C@H](CO)c1ccccc1)c1ccc(C[C@H]2CCCC2=O)cc1. The zero-order chi connectivity index (χ0) is 19.2. The molecule has 0 radical (unpaired) electrons. The van der Waals surface area contributed by atoms with E-state index in [1.54, 1.807) is 0 Å². The van der Waals surface area contributed by atoms with Gasteiger partial charge in [-0.3, -0.25) is 9.59 Å². The van der Waals surface area contributed by atoms with E-state index in [0.717, 1.165) is 36.0 Å². The molecule has 1 fully saturated rings. The first-order chi connectivity index (χ1) is 13.1. The first kappa shape index (κ1) is 19.3. The van der Waals surface area contributed by atoms with Crippen LogP contribution in [0.5, 0.6) is 0 Å². The average Bonchev–Trinajstić information content (AvgIpc) is 3.11. The fourth-order valence-corrected chi connectivity index (χ4v) is 3.70. The largest absolute Gasteiger partial charge is 0.394 e. The predicted octanol–water partition coefficient (Wildman–Crippen LogP) is 3.55. The van der Waals surface area contributed by atoms with E-state index in [9.17, 15) is 14.7 Å². The number of ketones is 1. The van der Waals surface area contributed by atoms with Gasteiger partial charge in [0.05, 0.1) is 18.6 Å². The lowest BCUT2D eigenvalue weighted by Gasteiger charge is -2.20. The van der Waals surface area contributed by atoms with E-state index in [-0.39, 0.29) is 24.3 Å². The number of Topliss-reactive ketones (excluding diaryl/α,β-unsaturated/α-hetero) is 1. The number of hydrogen-bond acceptors (Lipinski definition) is 3. The Hall–Kier alpha value is -2.46. The van der Waals surface area contributed by atoms with Crippen LogP contribution in [-0.4, -0.2) is 23.4 Å². The van der Waals surface area contributed by atoms with Crippen LogP contribution in [0, 0.1) is 5.92 Å². The van der Waals surface area contributed by atoms with Gasteiger partial charge in [0.25, 0.3) is 0 Å². The standard InChI is InChI=1S/C23H27NO3/c1-16(23(27)24-21(15-25)19-6-3-2-4-7-19)18-12-10-17(11-13-18)14-20-8-5-9-22(20)26/h2-4,6-7,10-13,16,20-21,25H,5,8-9,14-15H2,1H3,(H,24,27)/t16-,20+,21+/m0/s1. The van der Waals surface area contributed by atoms with Gasteiger partial charge in [-0.15, -0.1) is 0 Å². The number of nitrogens with one attached hydrogen (secondary N) is 1. The Balaban J connectivity index is 1.61. The van der Waals surface area contributed by atoms with Crippen LogP contribution in [0.2, 0.25) is 0 Å². The number of aliphatic hydroxyl groups excluding tert-OH is 1. The average molecular weight is 365 g/mol. The van der Waals surface area contributed by atoms with E-state index in [4.69, 9.17) is 0 Å². The van der Waals surface area contributed by atoms with Crippen molar-refractivity contribution in [3.05, 3.63) is 71.3 Å². The van der Waals surface area contributed by atoms with Gasteiger partial charge in [0.15, 0.2) is 0 Å². The molecule has 1 amide bonds. The summed E-state index contributed by atoms with van der Waals surface area (Å²) in [5.74, 6) is 0.108. The molecule has 1 aliphatic carbocycles. The van der Waals surface area contributed by atoms with E-state index >= 15 is 0 Å². The topological polar surface area (TPSA) is 66.4 Å². The van der Waals surface area contributed by atoms with E-state index in [1.165, 1.54) is 0 Å². The van der Waals surface area contributed by atoms with Crippen molar-refractivity contribution in [2.75, 3.05) is 6.61 Å². The molecule has 2 aromatic rings. The molecule has 2 N–H and O–H groups in total. The van der Waals surface area contributed by atoms with Gasteiger partial charge in [-0.2, -0.15) is 0 Å². The number of aliphatic hydroxyl groups is 1. The molecule has 3 atom stereocenters. The molecule has 0 spiro atoms. The summed E-state index contributed by atoms with van der Waals surface area (Å²) >= 11 is 0. The third kappa shape index (κ3) is 4.83. The highest BCUT2D eigenvalue weighted by molar-refractivity contribution is 5.84. The molecular formula is C23H27NO3. The molecule has 3 rings (SSSR count). The number of hydrogen-bond donors (Lipinski definition) is 2. The second-order valence-electron chi connectivity index (χ2n) is 7.38. The fourth-order valence-electron chi connectivity index (χ4n) is 3.70. The van der Waals surface area contributed by atoms with Crippen LogP contribution in [-0.2, 0) is 16.0 Å². The Kier molecular flexibility index (Phi) is 6.40. The molecule has 27 heavy (non-hydrogen) atoms. The quantitative estimate of drug-likeness (QED) is 0.788. The lowest BCUT2D eigenvalue weighted by atomic mass is 9.93. The summed E-state index contributed by atoms with van der Waals surface area (Å²) in [6, 6.07) is 17.0. The van der Waals surface area contributed by atoms with Crippen LogP contribution in [0.4, 0.5) is 0 Å². The molecule has 0 bridgehead atoms. The summed E-state index contributed by atoms with van der Waals surface area (Å²) in [6.07, 6.45) is 3.50. The van der Waals surface area contributed by atoms with Crippen molar-refractivity contribution in [1.29, 1.82) is 0 Å². The second-order valence-corrected chi connectivity index (χ2v) is 7.38. The molecule has 0 aliphatic heterocycles. The van der Waals surface area contributed by atoms with Crippen LogP contribution in [0.25, 0.3) is 0 Å². The van der Waals surface area contributed by atoms with Crippen molar-refractivity contribution in [2.45, 2.75) is 44.6 Å². The van der Waals surface area contributed by atoms with Crippen LogP contribution < -0.4 is 5.32 Å². The minimum atomic E-state index is -0.409. The Labute approximate surface area is 160 Å². The highest BCUT2D eigenvalue weighted by atomic mass is 16.3. The Morgan fingerprint density at radius 3 is 2.41 bits per heavy atom. The number of benzene rings is 2. The van der Waals surface area contributed by atoms with Crippen molar-refractivity contribution in [3.63, 3.8) is 0 Å². The first-order valence-corrected chi connectivity index (χ1v) is 9.66. The van der Waals surface area contributed by atoms with Crippen LogP contribution in [0.15, 0.2) is 54.6 Å². The molecule has 142 valence electrons. The summed E-state index contributed by atoms with van der Waals surface area (Å²) < 4.78 is 0. The molecular weight excluding hydrogens is 338 g/mol. The number of rotatable bonds is 7. The van der Waals surface area contributed by atoms with E-state index in [1.807, 2.05) is 61.5 Å². The summed E-state index contributed by atoms with van der Waals surface area (Å²) in [6.45, 7) is 1.72. The minimum Gasteiger partial charge on any atom is -0.394 e. The highest BCUT2D eigenvalue weighted by Crippen LogP contribution is 2.26. The van der Waals surface area contributed by atoms with E-state index in [0.29, 0.717) is 12.2 Å². The number of carbonyl (C=O) groups excluding carboxylic acids is 2. The Morgan fingerprint density at radius 2 is 1.81 bits per heavy atom. The number of amides is 1. The summed E-state index contributed by atoms with van der Waals surface area (Å²) in [5, 5.41) is 12.6. The van der Waals surface area contributed by atoms with Crippen LogP contribution in [0.3, 0.4) is 0 Å². The molecule has 0 heterocycles. The molecule has 0 saturated heterocycles.